The molecule has 0 aliphatic heterocycles. The second-order valence-electron chi connectivity index (χ2n) is 6.51. The number of benzene rings is 1. The van der Waals surface area contributed by atoms with Gasteiger partial charge in [0.2, 0.25) is 0 Å². The van der Waals surface area contributed by atoms with E-state index in [9.17, 15) is 18.0 Å². The van der Waals surface area contributed by atoms with Crippen LogP contribution in [0.25, 0.3) is 5.69 Å². The van der Waals surface area contributed by atoms with Crippen LogP contribution < -0.4 is 5.32 Å². The molecule has 2 aromatic rings. The Morgan fingerprint density at radius 1 is 1.38 bits per heavy atom. The monoisotopic (exact) mass is 366 g/mol. The van der Waals surface area contributed by atoms with E-state index in [1.54, 1.807) is 25.1 Å². The molecule has 1 N–H and O–H groups in total. The van der Waals surface area contributed by atoms with Crippen LogP contribution in [0.1, 0.15) is 40.4 Å². The number of nitrogens with one attached hydrogen (secondary N) is 1. The molecule has 1 heterocycles. The summed E-state index contributed by atoms with van der Waals surface area (Å²) in [5, 5.41) is 7.23. The zero-order valence-electron chi connectivity index (χ0n) is 14.7. The van der Waals surface area contributed by atoms with Gasteiger partial charge in [0, 0.05) is 26.1 Å². The normalized spacial score (nSPS) is 14.5. The van der Waals surface area contributed by atoms with Crippen molar-refractivity contribution in [3.8, 4) is 5.69 Å². The van der Waals surface area contributed by atoms with Gasteiger partial charge in [0.1, 0.15) is 0 Å². The van der Waals surface area contributed by atoms with E-state index in [4.69, 9.17) is 0 Å². The lowest BCUT2D eigenvalue weighted by molar-refractivity contribution is -0.137. The van der Waals surface area contributed by atoms with Crippen molar-refractivity contribution in [2.45, 2.75) is 24.9 Å². The van der Waals surface area contributed by atoms with Crippen LogP contribution in [-0.2, 0) is 6.18 Å². The number of likely N-dealkylation sites (N-methyl/N-ethyl adjacent to an activating group) is 2. The SMILES string of the molecule is CNCCN(C)C(=O)c1cnn(-c2cccc(C(F)(F)F)c2)c1C1CC1. The van der Waals surface area contributed by atoms with Crippen LogP contribution in [-0.4, -0.2) is 47.8 Å². The molecule has 8 heteroatoms. The highest BCUT2D eigenvalue weighted by molar-refractivity contribution is 5.95. The molecule has 1 aliphatic carbocycles. The van der Waals surface area contributed by atoms with Crippen LogP contribution in [0, 0.1) is 0 Å². The largest absolute Gasteiger partial charge is 0.416 e. The molecular weight excluding hydrogens is 345 g/mol. The second kappa shape index (κ2) is 7.11. The molecule has 0 spiro atoms. The van der Waals surface area contributed by atoms with Gasteiger partial charge < -0.3 is 10.2 Å². The summed E-state index contributed by atoms with van der Waals surface area (Å²) in [6.07, 6.45) is -1.14. The van der Waals surface area contributed by atoms with Crippen molar-refractivity contribution in [2.24, 2.45) is 0 Å². The minimum Gasteiger partial charge on any atom is -0.340 e. The van der Waals surface area contributed by atoms with E-state index in [1.807, 2.05) is 0 Å². The Morgan fingerprint density at radius 3 is 2.73 bits per heavy atom. The van der Waals surface area contributed by atoms with E-state index >= 15 is 0 Å². The number of amides is 1. The average Bonchev–Trinajstić information content (AvgIpc) is 3.36. The first kappa shape index (κ1) is 18.4. The maximum atomic E-state index is 13.0. The van der Waals surface area contributed by atoms with E-state index in [1.165, 1.54) is 16.9 Å². The summed E-state index contributed by atoms with van der Waals surface area (Å²) in [7, 11) is 3.51. The summed E-state index contributed by atoms with van der Waals surface area (Å²) in [5.41, 5.74) is 0.749. The highest BCUT2D eigenvalue weighted by Crippen LogP contribution is 2.43. The maximum Gasteiger partial charge on any atom is 0.416 e. The first-order valence-corrected chi connectivity index (χ1v) is 8.48. The van der Waals surface area contributed by atoms with Crippen LogP contribution in [0.15, 0.2) is 30.5 Å². The van der Waals surface area contributed by atoms with E-state index in [2.05, 4.69) is 10.4 Å². The van der Waals surface area contributed by atoms with Crippen LogP contribution in [0.4, 0.5) is 13.2 Å². The fourth-order valence-electron chi connectivity index (χ4n) is 2.88. The number of rotatable bonds is 6. The summed E-state index contributed by atoms with van der Waals surface area (Å²) in [4.78, 5) is 14.3. The number of aromatic nitrogens is 2. The molecule has 1 amide bonds. The number of carbonyl (C=O) groups excluding carboxylic acids is 1. The van der Waals surface area contributed by atoms with E-state index in [0.29, 0.717) is 30.0 Å². The molecule has 0 atom stereocenters. The van der Waals surface area contributed by atoms with Crippen LogP contribution in [0.2, 0.25) is 0 Å². The Bertz CT molecular complexity index is 796. The second-order valence-corrected chi connectivity index (χ2v) is 6.51. The number of alkyl halides is 3. The molecule has 1 aromatic heterocycles. The number of carbonyl (C=O) groups is 1. The first-order chi connectivity index (χ1) is 12.3. The Morgan fingerprint density at radius 2 is 2.12 bits per heavy atom. The zero-order valence-corrected chi connectivity index (χ0v) is 14.7. The summed E-state index contributed by atoms with van der Waals surface area (Å²) in [6, 6.07) is 5.03. The number of hydrogen-bond donors (Lipinski definition) is 1. The smallest absolute Gasteiger partial charge is 0.340 e. The molecule has 1 aromatic carbocycles. The standard InChI is InChI=1S/C18H21F3N4O/c1-22-8-9-24(2)17(26)15-11-23-25(16(15)12-6-7-12)14-5-3-4-13(10-14)18(19,20)21/h3-5,10-12,22H,6-9H2,1-2H3. The van der Waals surface area contributed by atoms with Crippen molar-refractivity contribution < 1.29 is 18.0 Å². The lowest BCUT2D eigenvalue weighted by atomic mass is 10.1. The van der Waals surface area contributed by atoms with Crippen molar-refractivity contribution >= 4 is 5.91 Å². The highest BCUT2D eigenvalue weighted by Gasteiger charge is 2.35. The predicted molar refractivity (Wildman–Crippen MR) is 91.4 cm³/mol. The molecule has 1 fully saturated rings. The van der Waals surface area contributed by atoms with Gasteiger partial charge in [0.25, 0.3) is 5.91 Å². The van der Waals surface area contributed by atoms with Gasteiger partial charge in [-0.15, -0.1) is 0 Å². The van der Waals surface area contributed by atoms with Crippen molar-refractivity contribution in [3.63, 3.8) is 0 Å². The lowest BCUT2D eigenvalue weighted by Crippen LogP contribution is -2.33. The predicted octanol–water partition coefficient (Wildman–Crippen LogP) is 3.06. The van der Waals surface area contributed by atoms with E-state index in [0.717, 1.165) is 25.0 Å². The topological polar surface area (TPSA) is 50.2 Å². The molecule has 26 heavy (non-hydrogen) atoms. The molecule has 140 valence electrons. The van der Waals surface area contributed by atoms with Gasteiger partial charge in [0.05, 0.1) is 28.7 Å². The number of hydrogen-bond acceptors (Lipinski definition) is 3. The Labute approximate surface area is 149 Å². The fourth-order valence-corrected chi connectivity index (χ4v) is 2.88. The summed E-state index contributed by atoms with van der Waals surface area (Å²) >= 11 is 0. The molecule has 1 aliphatic rings. The van der Waals surface area contributed by atoms with Gasteiger partial charge in [-0.25, -0.2) is 4.68 Å². The van der Waals surface area contributed by atoms with E-state index in [-0.39, 0.29) is 11.8 Å². The van der Waals surface area contributed by atoms with Gasteiger partial charge >= 0.3 is 6.18 Å². The fraction of sp³-hybridized carbons (Fsp3) is 0.444. The molecule has 5 nitrogen and oxygen atoms in total. The highest BCUT2D eigenvalue weighted by atomic mass is 19.4. The van der Waals surface area contributed by atoms with Crippen LogP contribution in [0.5, 0.6) is 0 Å². The van der Waals surface area contributed by atoms with Gasteiger partial charge in [-0.05, 0) is 38.1 Å². The minimum absolute atomic E-state index is 0.156. The molecule has 0 bridgehead atoms. The zero-order chi connectivity index (χ0) is 18.9. The molecular formula is C18H21F3N4O. The minimum atomic E-state index is -4.42. The Kier molecular flexibility index (Phi) is 5.04. The number of nitrogens with zero attached hydrogens (tertiary/aromatic N) is 3. The van der Waals surface area contributed by atoms with Crippen molar-refractivity contribution in [3.05, 3.63) is 47.3 Å². The third-order valence-corrected chi connectivity index (χ3v) is 4.46. The summed E-state index contributed by atoms with van der Waals surface area (Å²) in [6.45, 7) is 1.19. The molecule has 1 saturated carbocycles. The van der Waals surface area contributed by atoms with Crippen molar-refractivity contribution in [2.75, 3.05) is 27.2 Å². The maximum absolute atomic E-state index is 13.0. The Balaban J connectivity index is 1.97. The Hall–Kier alpha value is -2.35. The van der Waals surface area contributed by atoms with Crippen LogP contribution in [0.3, 0.4) is 0 Å². The van der Waals surface area contributed by atoms with Crippen molar-refractivity contribution in [1.29, 1.82) is 0 Å². The third-order valence-electron chi connectivity index (χ3n) is 4.46. The lowest BCUT2D eigenvalue weighted by Gasteiger charge is -2.17. The molecule has 0 radical (unpaired) electrons. The van der Waals surface area contributed by atoms with Crippen LogP contribution >= 0.6 is 0 Å². The number of halogens is 3. The molecule has 0 unspecified atom stereocenters. The van der Waals surface area contributed by atoms with Gasteiger partial charge in [-0.1, -0.05) is 6.07 Å². The quantitative estimate of drug-likeness (QED) is 0.855. The first-order valence-electron chi connectivity index (χ1n) is 8.48. The van der Waals surface area contributed by atoms with Gasteiger partial charge in [-0.3, -0.25) is 4.79 Å². The molecule has 0 saturated heterocycles. The summed E-state index contributed by atoms with van der Waals surface area (Å²) < 4.78 is 40.5. The van der Waals surface area contributed by atoms with Gasteiger partial charge in [-0.2, -0.15) is 18.3 Å². The van der Waals surface area contributed by atoms with Crippen molar-refractivity contribution in [1.82, 2.24) is 20.0 Å². The van der Waals surface area contributed by atoms with E-state index < -0.39 is 11.7 Å². The average molecular weight is 366 g/mol. The third kappa shape index (κ3) is 3.75. The molecule has 3 rings (SSSR count). The summed E-state index contributed by atoms with van der Waals surface area (Å²) in [5.74, 6) is -0.0101. The van der Waals surface area contributed by atoms with Gasteiger partial charge in [0.15, 0.2) is 0 Å².